The molecule has 2 rings (SSSR count). The molecule has 0 aliphatic carbocycles. The molecule has 3 heteroatoms. The van der Waals surface area contributed by atoms with Crippen molar-refractivity contribution < 1.29 is 4.79 Å². The third-order valence-electron chi connectivity index (χ3n) is 3.85. The average molecular weight is 327 g/mol. The van der Waals surface area contributed by atoms with Crippen molar-refractivity contribution in [3.63, 3.8) is 0 Å². The van der Waals surface area contributed by atoms with Gasteiger partial charge >= 0.3 is 0 Å². The van der Waals surface area contributed by atoms with Crippen LogP contribution in [0.4, 0.5) is 0 Å². The molecular formula is C20H25NOS. The van der Waals surface area contributed by atoms with Crippen LogP contribution in [0.1, 0.15) is 42.1 Å². The maximum Gasteiger partial charge on any atom is 0.230 e. The van der Waals surface area contributed by atoms with Crippen molar-refractivity contribution in [3.05, 3.63) is 70.8 Å². The van der Waals surface area contributed by atoms with Crippen molar-refractivity contribution in [1.29, 1.82) is 0 Å². The van der Waals surface area contributed by atoms with E-state index in [0.717, 1.165) is 17.7 Å². The third kappa shape index (κ3) is 5.76. The van der Waals surface area contributed by atoms with E-state index in [2.05, 4.69) is 67.7 Å². The molecule has 23 heavy (non-hydrogen) atoms. The minimum atomic E-state index is 0.0491. The SMILES string of the molecule is CCc1ccc(C(C)NC(=O)CSCc2cccc(C)c2)cc1. The summed E-state index contributed by atoms with van der Waals surface area (Å²) in [6.07, 6.45) is 1.04. The van der Waals surface area contributed by atoms with Gasteiger partial charge in [-0.05, 0) is 37.0 Å². The van der Waals surface area contributed by atoms with Gasteiger partial charge in [-0.2, -0.15) is 0 Å². The molecule has 0 bridgehead atoms. The van der Waals surface area contributed by atoms with Crippen LogP contribution < -0.4 is 5.32 Å². The van der Waals surface area contributed by atoms with Crippen LogP contribution >= 0.6 is 11.8 Å². The summed E-state index contributed by atoms with van der Waals surface area (Å²) >= 11 is 1.65. The average Bonchev–Trinajstić information content (AvgIpc) is 2.55. The zero-order chi connectivity index (χ0) is 16.7. The minimum Gasteiger partial charge on any atom is -0.349 e. The quantitative estimate of drug-likeness (QED) is 0.801. The lowest BCUT2D eigenvalue weighted by Crippen LogP contribution is -2.28. The molecule has 0 aliphatic rings. The molecule has 0 saturated carbocycles. The van der Waals surface area contributed by atoms with Crippen molar-refractivity contribution >= 4 is 17.7 Å². The fraction of sp³-hybridized carbons (Fsp3) is 0.350. The molecule has 0 radical (unpaired) electrons. The number of aryl methyl sites for hydroxylation is 2. The molecule has 1 unspecified atom stereocenters. The molecule has 0 aliphatic heterocycles. The van der Waals surface area contributed by atoms with E-state index in [1.165, 1.54) is 16.7 Å². The van der Waals surface area contributed by atoms with Gasteiger partial charge in [0.25, 0.3) is 0 Å². The Kier molecular flexibility index (Phi) is 6.72. The maximum atomic E-state index is 12.1. The Labute approximate surface area is 143 Å². The van der Waals surface area contributed by atoms with Gasteiger partial charge in [-0.3, -0.25) is 4.79 Å². The predicted molar refractivity (Wildman–Crippen MR) is 99.7 cm³/mol. The molecule has 1 N–H and O–H groups in total. The smallest absolute Gasteiger partial charge is 0.230 e. The summed E-state index contributed by atoms with van der Waals surface area (Å²) in [6, 6.07) is 16.9. The second kappa shape index (κ2) is 8.78. The van der Waals surface area contributed by atoms with E-state index in [4.69, 9.17) is 0 Å². The van der Waals surface area contributed by atoms with Crippen LogP contribution in [0.2, 0.25) is 0 Å². The standard InChI is InChI=1S/C20H25NOS/c1-4-17-8-10-19(11-9-17)16(3)21-20(22)14-23-13-18-7-5-6-15(2)12-18/h5-12,16H,4,13-14H2,1-3H3,(H,21,22). The Morgan fingerprint density at radius 1 is 1.13 bits per heavy atom. The lowest BCUT2D eigenvalue weighted by Gasteiger charge is -2.14. The first-order valence-electron chi connectivity index (χ1n) is 8.10. The van der Waals surface area contributed by atoms with E-state index in [1.54, 1.807) is 11.8 Å². The Hall–Kier alpha value is -1.74. The molecule has 2 aromatic carbocycles. The highest BCUT2D eigenvalue weighted by Gasteiger charge is 2.09. The summed E-state index contributed by atoms with van der Waals surface area (Å²) in [5.41, 5.74) is 5.00. The maximum absolute atomic E-state index is 12.1. The lowest BCUT2D eigenvalue weighted by atomic mass is 10.1. The molecule has 0 spiro atoms. The first-order chi connectivity index (χ1) is 11.1. The fourth-order valence-electron chi connectivity index (χ4n) is 2.47. The number of hydrogen-bond donors (Lipinski definition) is 1. The van der Waals surface area contributed by atoms with Crippen LogP contribution in [0.5, 0.6) is 0 Å². The highest BCUT2D eigenvalue weighted by molar-refractivity contribution is 7.99. The number of thioether (sulfide) groups is 1. The molecule has 0 heterocycles. The number of amides is 1. The monoisotopic (exact) mass is 327 g/mol. The van der Waals surface area contributed by atoms with Crippen LogP contribution in [0.15, 0.2) is 48.5 Å². The van der Waals surface area contributed by atoms with Gasteiger partial charge in [-0.15, -0.1) is 11.8 Å². The molecule has 1 amide bonds. The molecule has 0 aromatic heterocycles. The molecule has 1 atom stereocenters. The summed E-state index contributed by atoms with van der Waals surface area (Å²) < 4.78 is 0. The second-order valence-electron chi connectivity index (χ2n) is 5.87. The fourth-order valence-corrected chi connectivity index (χ4v) is 3.26. The van der Waals surface area contributed by atoms with Crippen LogP contribution in [-0.2, 0) is 17.0 Å². The van der Waals surface area contributed by atoms with E-state index in [9.17, 15) is 4.79 Å². The Morgan fingerprint density at radius 3 is 2.52 bits per heavy atom. The van der Waals surface area contributed by atoms with E-state index >= 15 is 0 Å². The molecular weight excluding hydrogens is 302 g/mol. The molecule has 2 nitrogen and oxygen atoms in total. The molecule has 2 aromatic rings. The van der Waals surface area contributed by atoms with Crippen molar-refractivity contribution in [1.82, 2.24) is 5.32 Å². The van der Waals surface area contributed by atoms with Gasteiger partial charge in [-0.1, -0.05) is 61.0 Å². The first kappa shape index (κ1) is 17.6. The van der Waals surface area contributed by atoms with Gasteiger partial charge in [0.15, 0.2) is 0 Å². The summed E-state index contributed by atoms with van der Waals surface area (Å²) in [5, 5.41) is 3.07. The Bertz CT molecular complexity index is 636. The number of rotatable bonds is 7. The van der Waals surface area contributed by atoms with Crippen LogP contribution in [0.3, 0.4) is 0 Å². The zero-order valence-corrected chi connectivity index (χ0v) is 15.0. The third-order valence-corrected chi connectivity index (χ3v) is 4.85. The largest absolute Gasteiger partial charge is 0.349 e. The number of hydrogen-bond acceptors (Lipinski definition) is 2. The summed E-state index contributed by atoms with van der Waals surface area (Å²) in [6.45, 7) is 6.27. The van der Waals surface area contributed by atoms with Gasteiger partial charge in [0.05, 0.1) is 11.8 Å². The number of carbonyl (C=O) groups is 1. The van der Waals surface area contributed by atoms with Gasteiger partial charge in [-0.25, -0.2) is 0 Å². The van der Waals surface area contributed by atoms with Crippen molar-refractivity contribution in [2.24, 2.45) is 0 Å². The number of carbonyl (C=O) groups excluding carboxylic acids is 1. The van der Waals surface area contributed by atoms with E-state index in [1.807, 2.05) is 6.92 Å². The highest BCUT2D eigenvalue weighted by Crippen LogP contribution is 2.16. The zero-order valence-electron chi connectivity index (χ0n) is 14.1. The van der Waals surface area contributed by atoms with Gasteiger partial charge in [0.1, 0.15) is 0 Å². The number of nitrogens with one attached hydrogen (secondary N) is 1. The van der Waals surface area contributed by atoms with E-state index in [-0.39, 0.29) is 11.9 Å². The molecule has 0 fully saturated rings. The highest BCUT2D eigenvalue weighted by atomic mass is 32.2. The minimum absolute atomic E-state index is 0.0491. The van der Waals surface area contributed by atoms with E-state index < -0.39 is 0 Å². The molecule has 122 valence electrons. The van der Waals surface area contributed by atoms with Gasteiger partial charge in [0.2, 0.25) is 5.91 Å². The second-order valence-corrected chi connectivity index (χ2v) is 6.85. The summed E-state index contributed by atoms with van der Waals surface area (Å²) in [7, 11) is 0. The lowest BCUT2D eigenvalue weighted by molar-refractivity contribution is -0.119. The predicted octanol–water partition coefficient (Wildman–Crippen LogP) is 4.67. The van der Waals surface area contributed by atoms with Crippen molar-refractivity contribution in [3.8, 4) is 0 Å². The van der Waals surface area contributed by atoms with Crippen LogP contribution in [0.25, 0.3) is 0 Å². The number of benzene rings is 2. The topological polar surface area (TPSA) is 29.1 Å². The normalized spacial score (nSPS) is 12.0. The Morgan fingerprint density at radius 2 is 1.87 bits per heavy atom. The summed E-state index contributed by atoms with van der Waals surface area (Å²) in [5.74, 6) is 1.45. The van der Waals surface area contributed by atoms with Crippen LogP contribution in [0, 0.1) is 6.92 Å². The first-order valence-corrected chi connectivity index (χ1v) is 9.25. The van der Waals surface area contributed by atoms with Crippen molar-refractivity contribution in [2.75, 3.05) is 5.75 Å². The van der Waals surface area contributed by atoms with E-state index in [0.29, 0.717) is 5.75 Å². The molecule has 0 saturated heterocycles. The van der Waals surface area contributed by atoms with Crippen LogP contribution in [-0.4, -0.2) is 11.7 Å². The Balaban J connectivity index is 1.77. The summed E-state index contributed by atoms with van der Waals surface area (Å²) in [4.78, 5) is 12.1. The van der Waals surface area contributed by atoms with Crippen molar-refractivity contribution in [2.45, 2.75) is 39.0 Å². The van der Waals surface area contributed by atoms with Gasteiger partial charge in [0, 0.05) is 5.75 Å². The van der Waals surface area contributed by atoms with Gasteiger partial charge < -0.3 is 5.32 Å².